The Morgan fingerprint density at radius 1 is 1.12 bits per heavy atom. The van der Waals surface area contributed by atoms with E-state index in [-0.39, 0.29) is 16.9 Å². The van der Waals surface area contributed by atoms with Crippen LogP contribution in [0.4, 0.5) is 0 Å². The molecule has 24 heavy (non-hydrogen) atoms. The fourth-order valence-electron chi connectivity index (χ4n) is 7.18. The zero-order valence-corrected chi connectivity index (χ0v) is 15.5. The lowest BCUT2D eigenvalue weighted by atomic mass is 9.47. The first-order chi connectivity index (χ1) is 11.3. The average Bonchev–Trinajstić information content (AvgIpc) is 2.82. The lowest BCUT2D eigenvalue weighted by Gasteiger charge is -2.61. The van der Waals surface area contributed by atoms with Crippen molar-refractivity contribution in [2.24, 2.45) is 28.6 Å². The number of likely N-dealkylation sites (tertiary alicyclic amines) is 1. The second-order valence-electron chi connectivity index (χ2n) is 9.26. The second-order valence-corrected chi connectivity index (χ2v) is 9.26. The molecule has 0 aromatic heterocycles. The van der Waals surface area contributed by atoms with Crippen LogP contribution in [-0.2, 0) is 14.3 Å². The fourth-order valence-corrected chi connectivity index (χ4v) is 7.18. The topological polar surface area (TPSA) is 46.6 Å². The van der Waals surface area contributed by atoms with Crippen molar-refractivity contribution in [3.8, 4) is 0 Å². The third-order valence-electron chi connectivity index (χ3n) is 8.54. The molecule has 7 atom stereocenters. The van der Waals surface area contributed by atoms with Gasteiger partial charge in [-0.2, -0.15) is 0 Å². The minimum absolute atomic E-state index is 0.0957. The maximum absolute atomic E-state index is 12.7. The van der Waals surface area contributed by atoms with Crippen LogP contribution in [0.15, 0.2) is 0 Å². The van der Waals surface area contributed by atoms with Gasteiger partial charge in [-0.25, -0.2) is 0 Å². The number of fused-ring (bicyclic) bond motifs is 5. The number of methoxy groups -OCH3 is 1. The molecule has 1 amide bonds. The Morgan fingerprint density at radius 2 is 1.88 bits per heavy atom. The highest BCUT2D eigenvalue weighted by Crippen LogP contribution is 2.64. The first-order valence-electron chi connectivity index (χ1n) is 9.64. The summed E-state index contributed by atoms with van der Waals surface area (Å²) < 4.78 is 5.79. The molecular formula is C20H31NO3. The molecule has 3 aliphatic carbocycles. The first kappa shape index (κ1) is 16.6. The number of Topliss-reactive ketones (excluding diaryl/α,β-unsaturated/α-hetero) is 1. The summed E-state index contributed by atoms with van der Waals surface area (Å²) in [4.78, 5) is 26.9. The van der Waals surface area contributed by atoms with Crippen LogP contribution in [0.5, 0.6) is 0 Å². The molecule has 134 valence electrons. The number of rotatable bonds is 1. The van der Waals surface area contributed by atoms with Gasteiger partial charge in [0, 0.05) is 44.4 Å². The van der Waals surface area contributed by atoms with Crippen molar-refractivity contribution >= 4 is 11.7 Å². The third kappa shape index (κ3) is 1.95. The maximum atomic E-state index is 12.7. The van der Waals surface area contributed by atoms with E-state index < -0.39 is 0 Å². The monoisotopic (exact) mass is 333 g/mol. The Hall–Kier alpha value is -0.900. The average molecular weight is 333 g/mol. The highest BCUT2D eigenvalue weighted by molar-refractivity contribution is 5.88. The lowest BCUT2D eigenvalue weighted by Crippen LogP contribution is -2.62. The van der Waals surface area contributed by atoms with Gasteiger partial charge in [-0.05, 0) is 49.4 Å². The van der Waals surface area contributed by atoms with Crippen molar-refractivity contribution in [1.82, 2.24) is 4.90 Å². The molecule has 0 spiro atoms. The minimum atomic E-state index is -0.179. The van der Waals surface area contributed by atoms with Crippen molar-refractivity contribution < 1.29 is 14.3 Å². The van der Waals surface area contributed by atoms with E-state index in [2.05, 4.69) is 13.8 Å². The predicted octanol–water partition coefficient (Wildman–Crippen LogP) is 3.04. The van der Waals surface area contributed by atoms with E-state index in [4.69, 9.17) is 4.74 Å². The number of carbonyl (C=O) groups is 2. The molecule has 0 N–H and O–H groups in total. The van der Waals surface area contributed by atoms with Crippen molar-refractivity contribution in [3.05, 3.63) is 0 Å². The van der Waals surface area contributed by atoms with Crippen molar-refractivity contribution in [1.29, 1.82) is 0 Å². The number of ketones is 1. The molecule has 4 heteroatoms. The Labute approximate surface area is 145 Å². The SMILES string of the molecule is CO[C@@H]1CC(=O)[C@@]2(C)CC[C@H]3[C@@H](CC[C@H]4N(C)C(=O)CC[C@]34C)[C@H]12. The van der Waals surface area contributed by atoms with Gasteiger partial charge in [0.1, 0.15) is 5.78 Å². The minimum Gasteiger partial charge on any atom is -0.381 e. The first-order valence-corrected chi connectivity index (χ1v) is 9.64. The molecule has 4 nitrogen and oxygen atoms in total. The van der Waals surface area contributed by atoms with Crippen molar-refractivity contribution in [2.75, 3.05) is 14.2 Å². The number of hydrogen-bond donors (Lipinski definition) is 0. The standard InChI is InChI=1S/C20H31NO3/c1-19-10-8-17(23)21(3)15(19)6-5-12-13(19)7-9-20(2)16(22)11-14(24-4)18(12)20/h12-15,18H,5-11H2,1-4H3/t12-,13+,14-,15-,18-,19-,20-/m1/s1. The summed E-state index contributed by atoms with van der Waals surface area (Å²) in [6, 6.07) is 0.377. The van der Waals surface area contributed by atoms with E-state index in [1.807, 2.05) is 11.9 Å². The molecule has 1 saturated heterocycles. The molecule has 4 fully saturated rings. The number of piperidine rings is 1. The molecule has 0 bridgehead atoms. The normalized spacial score (nSPS) is 51.2. The van der Waals surface area contributed by atoms with Gasteiger partial charge in [0.15, 0.2) is 0 Å². The van der Waals surface area contributed by atoms with Crippen LogP contribution in [0.2, 0.25) is 0 Å². The highest BCUT2D eigenvalue weighted by Gasteiger charge is 2.63. The summed E-state index contributed by atoms with van der Waals surface area (Å²) >= 11 is 0. The predicted molar refractivity (Wildman–Crippen MR) is 91.4 cm³/mol. The van der Waals surface area contributed by atoms with E-state index in [1.165, 1.54) is 0 Å². The third-order valence-corrected chi connectivity index (χ3v) is 8.54. The summed E-state index contributed by atoms with van der Waals surface area (Å²) in [5.41, 5.74) is 0.0261. The van der Waals surface area contributed by atoms with Gasteiger partial charge < -0.3 is 9.64 Å². The molecule has 1 aliphatic heterocycles. The van der Waals surface area contributed by atoms with E-state index in [0.717, 1.165) is 32.1 Å². The van der Waals surface area contributed by atoms with Gasteiger partial charge in [0.2, 0.25) is 5.91 Å². The zero-order chi connectivity index (χ0) is 17.3. The molecule has 4 aliphatic rings. The number of carbonyl (C=O) groups excluding carboxylic acids is 2. The highest BCUT2D eigenvalue weighted by atomic mass is 16.5. The van der Waals surface area contributed by atoms with Crippen LogP contribution in [0.1, 0.15) is 58.8 Å². The number of amides is 1. The van der Waals surface area contributed by atoms with Gasteiger partial charge in [-0.1, -0.05) is 13.8 Å². The molecule has 0 aromatic rings. The van der Waals surface area contributed by atoms with Gasteiger partial charge in [-0.3, -0.25) is 9.59 Å². The molecule has 1 heterocycles. The molecule has 0 unspecified atom stereocenters. The van der Waals surface area contributed by atoms with Gasteiger partial charge in [0.25, 0.3) is 0 Å². The van der Waals surface area contributed by atoms with Crippen LogP contribution in [0.3, 0.4) is 0 Å². The van der Waals surface area contributed by atoms with Crippen molar-refractivity contribution in [2.45, 2.75) is 70.9 Å². The van der Waals surface area contributed by atoms with Crippen LogP contribution >= 0.6 is 0 Å². The Morgan fingerprint density at radius 3 is 2.58 bits per heavy atom. The lowest BCUT2D eigenvalue weighted by molar-refractivity contribution is -0.163. The summed E-state index contributed by atoms with van der Waals surface area (Å²) in [5.74, 6) is 2.29. The van der Waals surface area contributed by atoms with Gasteiger partial charge >= 0.3 is 0 Å². The fraction of sp³-hybridized carbons (Fsp3) is 0.900. The summed E-state index contributed by atoms with van der Waals surface area (Å²) in [6.45, 7) is 4.61. The van der Waals surface area contributed by atoms with E-state index in [0.29, 0.717) is 48.3 Å². The number of hydrogen-bond acceptors (Lipinski definition) is 3. The molecule has 4 rings (SSSR count). The van der Waals surface area contributed by atoms with Crippen molar-refractivity contribution in [3.63, 3.8) is 0 Å². The Balaban J connectivity index is 1.69. The maximum Gasteiger partial charge on any atom is 0.222 e. The largest absolute Gasteiger partial charge is 0.381 e. The van der Waals surface area contributed by atoms with Gasteiger partial charge in [-0.15, -0.1) is 0 Å². The van der Waals surface area contributed by atoms with Crippen LogP contribution in [0.25, 0.3) is 0 Å². The van der Waals surface area contributed by atoms with Crippen LogP contribution in [-0.4, -0.2) is 42.9 Å². The van der Waals surface area contributed by atoms with Crippen LogP contribution < -0.4 is 0 Å². The van der Waals surface area contributed by atoms with E-state index in [1.54, 1.807) is 7.11 Å². The van der Waals surface area contributed by atoms with Gasteiger partial charge in [0.05, 0.1) is 6.10 Å². The van der Waals surface area contributed by atoms with Crippen LogP contribution in [0, 0.1) is 28.6 Å². The second kappa shape index (κ2) is 5.30. The summed E-state index contributed by atoms with van der Waals surface area (Å²) in [5, 5.41) is 0. The summed E-state index contributed by atoms with van der Waals surface area (Å²) in [6.07, 6.45) is 6.73. The van der Waals surface area contributed by atoms with E-state index in [9.17, 15) is 9.59 Å². The van der Waals surface area contributed by atoms with E-state index >= 15 is 0 Å². The molecule has 0 radical (unpaired) electrons. The smallest absolute Gasteiger partial charge is 0.222 e. The Bertz CT molecular complexity index is 575. The quantitative estimate of drug-likeness (QED) is 0.741. The number of ether oxygens (including phenoxy) is 1. The molecule has 0 aromatic carbocycles. The molecule has 3 saturated carbocycles. The number of nitrogens with zero attached hydrogens (tertiary/aromatic N) is 1. The zero-order valence-electron chi connectivity index (χ0n) is 15.5. The molecular weight excluding hydrogens is 302 g/mol. The Kier molecular flexibility index (Phi) is 3.66. The summed E-state index contributed by atoms with van der Waals surface area (Å²) in [7, 11) is 3.77.